The van der Waals surface area contributed by atoms with Crippen LogP contribution >= 0.6 is 0 Å². The zero-order valence-electron chi connectivity index (χ0n) is 7.82. The van der Waals surface area contributed by atoms with Gasteiger partial charge in [-0.05, 0) is 12.2 Å². The number of nitriles is 1. The Morgan fingerprint density at radius 3 is 2.85 bits per heavy atom. The lowest BCUT2D eigenvalue weighted by atomic mass is 10.1. The van der Waals surface area contributed by atoms with Gasteiger partial charge in [0.2, 0.25) is 0 Å². The quantitative estimate of drug-likeness (QED) is 0.614. The van der Waals surface area contributed by atoms with Gasteiger partial charge in [-0.25, -0.2) is 0 Å². The van der Waals surface area contributed by atoms with E-state index in [0.717, 1.165) is 0 Å². The van der Waals surface area contributed by atoms with Gasteiger partial charge in [0.15, 0.2) is 12.1 Å². The van der Waals surface area contributed by atoms with Crippen LogP contribution in [0.3, 0.4) is 0 Å². The summed E-state index contributed by atoms with van der Waals surface area (Å²) in [5.74, 6) is -0.767. The molecular weight excluding hydrogens is 170 g/mol. The van der Waals surface area contributed by atoms with Crippen molar-refractivity contribution in [1.82, 2.24) is 0 Å². The number of nitrogens with zero attached hydrogens (tertiary/aromatic N) is 1. The smallest absolute Gasteiger partial charge is 0.191 e. The molecule has 0 aromatic carbocycles. The van der Waals surface area contributed by atoms with E-state index >= 15 is 0 Å². The monoisotopic (exact) mass is 183 g/mol. The Labute approximate surface area is 77.7 Å². The summed E-state index contributed by atoms with van der Waals surface area (Å²) in [6.45, 7) is 0. The Hall–Kier alpha value is -0.890. The Balaban J connectivity index is 2.54. The Morgan fingerprint density at radius 2 is 2.38 bits per heavy atom. The molecule has 0 saturated heterocycles. The van der Waals surface area contributed by atoms with Crippen LogP contribution < -0.4 is 0 Å². The molecule has 1 aliphatic rings. The molecule has 1 heterocycles. The van der Waals surface area contributed by atoms with Crippen molar-refractivity contribution < 1.29 is 14.2 Å². The van der Waals surface area contributed by atoms with Gasteiger partial charge in [0.25, 0.3) is 0 Å². The second kappa shape index (κ2) is 4.38. The average Bonchev–Trinajstić information content (AvgIpc) is 2.59. The van der Waals surface area contributed by atoms with Crippen LogP contribution in [0.5, 0.6) is 0 Å². The van der Waals surface area contributed by atoms with Crippen molar-refractivity contribution in [3.05, 3.63) is 12.2 Å². The van der Waals surface area contributed by atoms with E-state index in [4.69, 9.17) is 19.5 Å². The molecule has 4 heteroatoms. The first-order chi connectivity index (χ1) is 6.26. The van der Waals surface area contributed by atoms with E-state index in [1.54, 1.807) is 26.4 Å². The largest absolute Gasteiger partial charge is 0.352 e. The molecule has 0 bridgehead atoms. The van der Waals surface area contributed by atoms with Crippen molar-refractivity contribution in [3.8, 4) is 6.07 Å². The highest BCUT2D eigenvalue weighted by atomic mass is 16.8. The van der Waals surface area contributed by atoms with Crippen LogP contribution in [0, 0.1) is 11.3 Å². The lowest BCUT2D eigenvalue weighted by Gasteiger charge is -2.25. The van der Waals surface area contributed by atoms with Gasteiger partial charge in [-0.15, -0.1) is 0 Å². The summed E-state index contributed by atoms with van der Waals surface area (Å²) < 4.78 is 15.6. The summed E-state index contributed by atoms with van der Waals surface area (Å²) in [5, 5.41) is 8.44. The lowest BCUT2D eigenvalue weighted by Crippen LogP contribution is -2.32. The minimum absolute atomic E-state index is 0.362. The molecule has 0 aromatic rings. The molecule has 0 spiro atoms. The van der Waals surface area contributed by atoms with E-state index in [-0.39, 0.29) is 6.29 Å². The van der Waals surface area contributed by atoms with E-state index in [1.807, 2.05) is 0 Å². The van der Waals surface area contributed by atoms with Crippen molar-refractivity contribution in [2.45, 2.75) is 24.9 Å². The Kier molecular flexibility index (Phi) is 3.43. The van der Waals surface area contributed by atoms with Gasteiger partial charge in [-0.1, -0.05) is 0 Å². The van der Waals surface area contributed by atoms with E-state index in [2.05, 4.69) is 6.07 Å². The highest BCUT2D eigenvalue weighted by Gasteiger charge is 2.35. The molecule has 4 nitrogen and oxygen atoms in total. The molecule has 2 atom stereocenters. The van der Waals surface area contributed by atoms with Gasteiger partial charge in [0, 0.05) is 27.1 Å². The van der Waals surface area contributed by atoms with Crippen LogP contribution in [-0.4, -0.2) is 26.3 Å². The summed E-state index contributed by atoms with van der Waals surface area (Å²) >= 11 is 0. The molecular formula is C9H13NO3. The maximum Gasteiger partial charge on any atom is 0.191 e. The summed E-state index contributed by atoms with van der Waals surface area (Å²) in [6.07, 6.45) is 4.13. The summed E-state index contributed by atoms with van der Waals surface area (Å²) in [4.78, 5) is 0. The van der Waals surface area contributed by atoms with Gasteiger partial charge in [0.1, 0.15) is 0 Å². The number of hydrogen-bond acceptors (Lipinski definition) is 4. The van der Waals surface area contributed by atoms with Crippen LogP contribution in [0.15, 0.2) is 12.2 Å². The molecule has 0 fully saturated rings. The van der Waals surface area contributed by atoms with Gasteiger partial charge in [0.05, 0.1) is 6.07 Å². The predicted octanol–water partition coefficient (Wildman–Crippen LogP) is 1.19. The minimum Gasteiger partial charge on any atom is -0.352 e. The fourth-order valence-electron chi connectivity index (χ4n) is 1.22. The van der Waals surface area contributed by atoms with E-state index in [9.17, 15) is 0 Å². The highest BCUT2D eigenvalue weighted by molar-refractivity contribution is 5.05. The van der Waals surface area contributed by atoms with Gasteiger partial charge < -0.3 is 14.2 Å². The third-order valence-corrected chi connectivity index (χ3v) is 1.99. The van der Waals surface area contributed by atoms with E-state index in [1.165, 1.54) is 0 Å². The van der Waals surface area contributed by atoms with Crippen molar-refractivity contribution in [1.29, 1.82) is 5.26 Å². The molecule has 0 amide bonds. The molecule has 0 saturated carbocycles. The fraction of sp³-hybridized carbons (Fsp3) is 0.667. The first-order valence-corrected chi connectivity index (χ1v) is 4.08. The minimum atomic E-state index is -0.767. The second-order valence-corrected chi connectivity index (χ2v) is 2.76. The number of ether oxygens (including phenoxy) is 3. The van der Waals surface area contributed by atoms with Crippen LogP contribution in [0.25, 0.3) is 0 Å². The van der Waals surface area contributed by atoms with Crippen LogP contribution in [-0.2, 0) is 14.2 Å². The first-order valence-electron chi connectivity index (χ1n) is 4.08. The molecule has 13 heavy (non-hydrogen) atoms. The summed E-state index contributed by atoms with van der Waals surface area (Å²) in [7, 11) is 3.12. The summed E-state index contributed by atoms with van der Waals surface area (Å²) in [5.41, 5.74) is 0. The lowest BCUT2D eigenvalue weighted by molar-refractivity contribution is -0.244. The Bertz CT molecular complexity index is 234. The van der Waals surface area contributed by atoms with Crippen molar-refractivity contribution in [2.75, 3.05) is 14.2 Å². The van der Waals surface area contributed by atoms with E-state index in [0.29, 0.717) is 12.8 Å². The topological polar surface area (TPSA) is 51.5 Å². The maximum atomic E-state index is 8.44. The summed E-state index contributed by atoms with van der Waals surface area (Å²) in [6, 6.07) is 2.05. The molecule has 0 aliphatic carbocycles. The zero-order valence-corrected chi connectivity index (χ0v) is 7.82. The number of methoxy groups -OCH3 is 2. The van der Waals surface area contributed by atoms with Crippen molar-refractivity contribution in [2.24, 2.45) is 0 Å². The number of rotatable bonds is 4. The highest BCUT2D eigenvalue weighted by Crippen LogP contribution is 2.28. The van der Waals surface area contributed by atoms with Crippen LogP contribution in [0.1, 0.15) is 12.8 Å². The molecule has 72 valence electrons. The third-order valence-electron chi connectivity index (χ3n) is 1.99. The molecule has 2 unspecified atom stereocenters. The average molecular weight is 183 g/mol. The molecule has 0 N–H and O–H groups in total. The predicted molar refractivity (Wildman–Crippen MR) is 45.6 cm³/mol. The standard InChI is InChI=1S/C9H13NO3/c1-11-8-4-6-9(12-2,13-8)5-3-7-10/h4,6,8H,3,5H2,1-2H3. The molecule has 1 aliphatic heterocycles. The number of hydrogen-bond donors (Lipinski definition) is 0. The van der Waals surface area contributed by atoms with Crippen molar-refractivity contribution in [3.63, 3.8) is 0 Å². The van der Waals surface area contributed by atoms with Crippen LogP contribution in [0.2, 0.25) is 0 Å². The molecule has 0 radical (unpaired) electrons. The van der Waals surface area contributed by atoms with Gasteiger partial charge in [-0.2, -0.15) is 5.26 Å². The third kappa shape index (κ3) is 2.28. The van der Waals surface area contributed by atoms with Gasteiger partial charge in [-0.3, -0.25) is 0 Å². The Morgan fingerprint density at radius 1 is 1.62 bits per heavy atom. The molecule has 0 aromatic heterocycles. The van der Waals surface area contributed by atoms with Crippen LogP contribution in [0.4, 0.5) is 0 Å². The SMILES string of the molecule is COC1C=CC(CCC#N)(OC)O1. The second-order valence-electron chi connectivity index (χ2n) is 2.76. The molecule has 1 rings (SSSR count). The van der Waals surface area contributed by atoms with Crippen molar-refractivity contribution >= 4 is 0 Å². The van der Waals surface area contributed by atoms with Gasteiger partial charge >= 0.3 is 0 Å². The normalized spacial score (nSPS) is 31.9. The fourth-order valence-corrected chi connectivity index (χ4v) is 1.22. The zero-order chi connectivity index (χ0) is 9.73. The first kappa shape index (κ1) is 10.2. The van der Waals surface area contributed by atoms with E-state index < -0.39 is 5.79 Å². The maximum absolute atomic E-state index is 8.44.